The Hall–Kier alpha value is -1.81. The first-order valence-electron chi connectivity index (χ1n) is 6.90. The quantitative estimate of drug-likeness (QED) is 0.747. The SMILES string of the molecule is COC(=O)[C@H](CC(C)C)NS(=O)(=O)c1ccc(OC(F)(F)F)cc1. The van der Waals surface area contributed by atoms with Crippen molar-refractivity contribution in [3.63, 3.8) is 0 Å². The number of hydrogen-bond donors (Lipinski definition) is 1. The van der Waals surface area contributed by atoms with Crippen LogP contribution in [-0.2, 0) is 19.6 Å². The van der Waals surface area contributed by atoms with Gasteiger partial charge in [0.05, 0.1) is 12.0 Å². The molecule has 6 nitrogen and oxygen atoms in total. The summed E-state index contributed by atoms with van der Waals surface area (Å²) in [5.74, 6) is -1.28. The zero-order valence-corrected chi connectivity index (χ0v) is 14.1. The number of sulfonamides is 1. The summed E-state index contributed by atoms with van der Waals surface area (Å²) in [6, 6.07) is 2.56. The summed E-state index contributed by atoms with van der Waals surface area (Å²) in [7, 11) is -2.98. The van der Waals surface area contributed by atoms with Crippen LogP contribution in [0.15, 0.2) is 29.2 Å². The molecule has 0 aliphatic rings. The van der Waals surface area contributed by atoms with Crippen LogP contribution in [0.5, 0.6) is 5.75 Å². The number of nitrogens with one attached hydrogen (secondary N) is 1. The predicted molar refractivity (Wildman–Crippen MR) is 78.7 cm³/mol. The molecule has 1 aromatic carbocycles. The van der Waals surface area contributed by atoms with Gasteiger partial charge < -0.3 is 9.47 Å². The highest BCUT2D eigenvalue weighted by Crippen LogP contribution is 2.24. The van der Waals surface area contributed by atoms with Gasteiger partial charge in [0.15, 0.2) is 0 Å². The lowest BCUT2D eigenvalue weighted by molar-refractivity contribution is -0.274. The van der Waals surface area contributed by atoms with E-state index in [0.29, 0.717) is 0 Å². The van der Waals surface area contributed by atoms with E-state index in [2.05, 4.69) is 14.2 Å². The lowest BCUT2D eigenvalue weighted by Crippen LogP contribution is -2.42. The number of hydrogen-bond acceptors (Lipinski definition) is 5. The van der Waals surface area contributed by atoms with E-state index in [9.17, 15) is 26.4 Å². The van der Waals surface area contributed by atoms with Gasteiger partial charge in [0.2, 0.25) is 10.0 Å². The van der Waals surface area contributed by atoms with Crippen LogP contribution in [0.1, 0.15) is 20.3 Å². The number of benzene rings is 1. The monoisotopic (exact) mass is 369 g/mol. The summed E-state index contributed by atoms with van der Waals surface area (Å²) in [6.07, 6.45) is -4.66. The van der Waals surface area contributed by atoms with Crippen LogP contribution in [0.3, 0.4) is 0 Å². The summed E-state index contributed by atoms with van der Waals surface area (Å²) in [5, 5.41) is 0. The summed E-state index contributed by atoms with van der Waals surface area (Å²) in [6.45, 7) is 3.60. The molecule has 0 bridgehead atoms. The average molecular weight is 369 g/mol. The van der Waals surface area contributed by atoms with Crippen molar-refractivity contribution >= 4 is 16.0 Å². The Labute approximate surface area is 138 Å². The molecule has 0 aliphatic carbocycles. The average Bonchev–Trinajstić information content (AvgIpc) is 2.43. The third kappa shape index (κ3) is 6.36. The maximum Gasteiger partial charge on any atom is 0.573 e. The first-order chi connectivity index (χ1) is 10.9. The molecule has 1 N–H and O–H groups in total. The van der Waals surface area contributed by atoms with E-state index in [1.54, 1.807) is 13.8 Å². The highest BCUT2D eigenvalue weighted by atomic mass is 32.2. The number of rotatable bonds is 7. The Morgan fingerprint density at radius 2 is 1.75 bits per heavy atom. The molecule has 0 amide bonds. The van der Waals surface area contributed by atoms with E-state index in [0.717, 1.165) is 31.4 Å². The molecule has 1 rings (SSSR count). The minimum atomic E-state index is -4.87. The maximum atomic E-state index is 12.3. The van der Waals surface area contributed by atoms with Crippen LogP contribution in [0, 0.1) is 5.92 Å². The molecular formula is C14H18F3NO5S. The van der Waals surface area contributed by atoms with Crippen molar-refractivity contribution in [3.8, 4) is 5.75 Å². The highest BCUT2D eigenvalue weighted by Gasteiger charge is 2.31. The second-order valence-electron chi connectivity index (χ2n) is 5.35. The number of alkyl halides is 3. The van der Waals surface area contributed by atoms with E-state index >= 15 is 0 Å². The molecule has 0 aliphatic heterocycles. The van der Waals surface area contributed by atoms with Crippen molar-refractivity contribution in [2.45, 2.75) is 37.6 Å². The molecule has 24 heavy (non-hydrogen) atoms. The van der Waals surface area contributed by atoms with Gasteiger partial charge in [0, 0.05) is 0 Å². The van der Waals surface area contributed by atoms with Crippen LogP contribution in [0.25, 0.3) is 0 Å². The molecule has 1 aromatic rings. The van der Waals surface area contributed by atoms with E-state index in [1.807, 2.05) is 0 Å². The molecule has 0 heterocycles. The minimum absolute atomic E-state index is 0.0133. The summed E-state index contributed by atoms with van der Waals surface area (Å²) in [4.78, 5) is 11.4. The number of ether oxygens (including phenoxy) is 2. The second-order valence-corrected chi connectivity index (χ2v) is 7.06. The number of esters is 1. The fraction of sp³-hybridized carbons (Fsp3) is 0.500. The Morgan fingerprint density at radius 1 is 1.21 bits per heavy atom. The Kier molecular flexibility index (Phi) is 6.61. The van der Waals surface area contributed by atoms with E-state index in [1.165, 1.54) is 0 Å². The van der Waals surface area contributed by atoms with Gasteiger partial charge in [0.25, 0.3) is 0 Å². The van der Waals surface area contributed by atoms with Gasteiger partial charge in [-0.25, -0.2) is 8.42 Å². The Bertz CT molecular complexity index is 656. The maximum absolute atomic E-state index is 12.3. The number of carbonyl (C=O) groups excluding carboxylic acids is 1. The van der Waals surface area contributed by atoms with Crippen molar-refractivity contribution < 1.29 is 35.9 Å². The number of carbonyl (C=O) groups is 1. The third-order valence-electron chi connectivity index (χ3n) is 2.86. The van der Waals surface area contributed by atoms with Gasteiger partial charge >= 0.3 is 12.3 Å². The van der Waals surface area contributed by atoms with Crippen LogP contribution < -0.4 is 9.46 Å². The van der Waals surface area contributed by atoms with Crippen LogP contribution in [0.4, 0.5) is 13.2 Å². The van der Waals surface area contributed by atoms with E-state index in [4.69, 9.17) is 0 Å². The van der Waals surface area contributed by atoms with Gasteiger partial charge in [-0.15, -0.1) is 13.2 Å². The van der Waals surface area contributed by atoms with Gasteiger partial charge in [-0.1, -0.05) is 13.8 Å². The Balaban J connectivity index is 2.95. The molecule has 0 unspecified atom stereocenters. The standard InChI is InChI=1S/C14H18F3NO5S/c1-9(2)8-12(13(19)22-3)18-24(20,21)11-6-4-10(5-7-11)23-14(15,16)17/h4-7,9,12,18H,8H2,1-3H3/t12-/m0/s1. The fourth-order valence-electron chi connectivity index (χ4n) is 1.88. The van der Waals surface area contributed by atoms with E-state index in [-0.39, 0.29) is 17.2 Å². The van der Waals surface area contributed by atoms with Crippen LogP contribution in [0.2, 0.25) is 0 Å². The van der Waals surface area contributed by atoms with Crippen molar-refractivity contribution in [2.75, 3.05) is 7.11 Å². The minimum Gasteiger partial charge on any atom is -0.468 e. The molecule has 1 atom stereocenters. The fourth-order valence-corrected chi connectivity index (χ4v) is 3.08. The molecule has 0 aromatic heterocycles. The molecule has 0 spiro atoms. The molecule has 0 fully saturated rings. The molecule has 136 valence electrons. The number of methoxy groups -OCH3 is 1. The van der Waals surface area contributed by atoms with Gasteiger partial charge in [-0.05, 0) is 36.6 Å². The first-order valence-corrected chi connectivity index (χ1v) is 8.39. The van der Waals surface area contributed by atoms with E-state index < -0.39 is 34.1 Å². The van der Waals surface area contributed by atoms with Gasteiger partial charge in [-0.2, -0.15) is 4.72 Å². The topological polar surface area (TPSA) is 81.7 Å². The number of halogens is 3. The van der Waals surface area contributed by atoms with Crippen molar-refractivity contribution in [1.29, 1.82) is 0 Å². The highest BCUT2D eigenvalue weighted by molar-refractivity contribution is 7.89. The lowest BCUT2D eigenvalue weighted by atomic mass is 10.1. The zero-order chi connectivity index (χ0) is 18.5. The second kappa shape index (κ2) is 7.84. The molecule has 10 heteroatoms. The summed E-state index contributed by atoms with van der Waals surface area (Å²) >= 11 is 0. The molecule has 0 saturated heterocycles. The molecule has 0 saturated carbocycles. The first kappa shape index (κ1) is 20.2. The predicted octanol–water partition coefficient (Wildman–Crippen LogP) is 2.45. The summed E-state index contributed by atoms with van der Waals surface area (Å²) in [5.41, 5.74) is 0. The summed E-state index contributed by atoms with van der Waals surface area (Å²) < 4.78 is 71.2. The smallest absolute Gasteiger partial charge is 0.468 e. The van der Waals surface area contributed by atoms with Crippen LogP contribution in [-0.4, -0.2) is 33.9 Å². The third-order valence-corrected chi connectivity index (χ3v) is 4.35. The zero-order valence-electron chi connectivity index (χ0n) is 13.3. The molecular weight excluding hydrogens is 351 g/mol. The lowest BCUT2D eigenvalue weighted by Gasteiger charge is -2.18. The molecule has 0 radical (unpaired) electrons. The van der Waals surface area contributed by atoms with Crippen molar-refractivity contribution in [1.82, 2.24) is 4.72 Å². The largest absolute Gasteiger partial charge is 0.573 e. The Morgan fingerprint density at radius 3 is 2.17 bits per heavy atom. The van der Waals surface area contributed by atoms with Crippen molar-refractivity contribution in [3.05, 3.63) is 24.3 Å². The van der Waals surface area contributed by atoms with Gasteiger partial charge in [-0.3, -0.25) is 4.79 Å². The van der Waals surface area contributed by atoms with Crippen molar-refractivity contribution in [2.24, 2.45) is 5.92 Å². The normalized spacial score (nSPS) is 13.6. The van der Waals surface area contributed by atoms with Gasteiger partial charge in [0.1, 0.15) is 11.8 Å². The van der Waals surface area contributed by atoms with Crippen LogP contribution >= 0.6 is 0 Å².